The standard InChI is InChI=1S/C68H49N3S2/c1-7-23-47(24-8-1)53-35-19-37-59(63(53)61-39-21-45-72-61)69-65-55(49-27-11-3-12-28-49)41-43-57(51-31-15-5-16-32-51)67(65)71-68-58(52-33-17-6-18-34-52)44-42-56(50-29-13-4-14-30-50)66(68)70-60-38-20-36-54(48-25-9-2-10-26-48)64(60)62-40-22-46-73-62/h1-46,69-71H. The van der Waals surface area contributed by atoms with Gasteiger partial charge in [-0.1, -0.05) is 243 Å². The minimum absolute atomic E-state index is 0.941. The van der Waals surface area contributed by atoms with E-state index >= 15 is 0 Å². The van der Waals surface area contributed by atoms with Gasteiger partial charge < -0.3 is 16.0 Å². The summed E-state index contributed by atoms with van der Waals surface area (Å²) in [5.74, 6) is 0. The number of hydrogen-bond acceptors (Lipinski definition) is 5. The molecule has 0 aliphatic heterocycles. The molecule has 348 valence electrons. The Labute approximate surface area is 435 Å². The van der Waals surface area contributed by atoms with Gasteiger partial charge in [0.2, 0.25) is 0 Å². The molecule has 12 aromatic rings. The zero-order valence-electron chi connectivity index (χ0n) is 39.9. The number of benzene rings is 10. The second-order valence-electron chi connectivity index (χ2n) is 17.8. The molecule has 3 N–H and O–H groups in total. The molecule has 0 amide bonds. The van der Waals surface area contributed by atoms with Crippen LogP contribution < -0.4 is 16.0 Å². The molecule has 5 heteroatoms. The number of nitrogens with one attached hydrogen (secondary N) is 3. The van der Waals surface area contributed by atoms with E-state index in [-0.39, 0.29) is 0 Å². The summed E-state index contributed by atoms with van der Waals surface area (Å²) in [6, 6.07) is 95.5. The molecule has 0 saturated carbocycles. The van der Waals surface area contributed by atoms with Crippen molar-refractivity contribution < 1.29 is 0 Å². The summed E-state index contributed by atoms with van der Waals surface area (Å²) in [4.78, 5) is 2.37. The van der Waals surface area contributed by atoms with E-state index in [4.69, 9.17) is 0 Å². The number of thiophene rings is 2. The van der Waals surface area contributed by atoms with E-state index in [1.54, 1.807) is 22.7 Å². The van der Waals surface area contributed by atoms with Crippen molar-refractivity contribution in [2.45, 2.75) is 0 Å². The van der Waals surface area contributed by atoms with Gasteiger partial charge in [0.15, 0.2) is 0 Å². The zero-order valence-corrected chi connectivity index (χ0v) is 41.5. The molecular formula is C68H49N3S2. The molecule has 0 aliphatic rings. The van der Waals surface area contributed by atoms with Crippen molar-refractivity contribution in [2.75, 3.05) is 16.0 Å². The third kappa shape index (κ3) is 9.27. The molecule has 0 saturated heterocycles. The van der Waals surface area contributed by atoms with E-state index in [1.807, 2.05) is 0 Å². The highest BCUT2D eigenvalue weighted by molar-refractivity contribution is 7.14. The van der Waals surface area contributed by atoms with Crippen LogP contribution in [0.3, 0.4) is 0 Å². The fourth-order valence-electron chi connectivity index (χ4n) is 9.95. The highest BCUT2D eigenvalue weighted by atomic mass is 32.1. The summed E-state index contributed by atoms with van der Waals surface area (Å²) in [5, 5.41) is 17.0. The molecule has 0 radical (unpaired) electrons. The molecular weight excluding hydrogens is 923 g/mol. The lowest BCUT2D eigenvalue weighted by Crippen LogP contribution is -2.07. The Morgan fingerprint density at radius 2 is 0.479 bits per heavy atom. The molecule has 0 spiro atoms. The molecule has 12 rings (SSSR count). The van der Waals surface area contributed by atoms with Crippen molar-refractivity contribution in [2.24, 2.45) is 0 Å². The van der Waals surface area contributed by atoms with Crippen LogP contribution in [0.2, 0.25) is 0 Å². The van der Waals surface area contributed by atoms with Crippen molar-refractivity contribution in [1.29, 1.82) is 0 Å². The maximum atomic E-state index is 4.32. The van der Waals surface area contributed by atoms with Gasteiger partial charge in [-0.25, -0.2) is 0 Å². The fraction of sp³-hybridized carbons (Fsp3) is 0. The predicted molar refractivity (Wildman–Crippen MR) is 315 cm³/mol. The Balaban J connectivity index is 1.16. The van der Waals surface area contributed by atoms with Gasteiger partial charge in [-0.15, -0.1) is 22.7 Å². The SMILES string of the molecule is c1ccc(-c2ccc(-c3ccccc3)c(Nc3c(-c4ccccc4)ccc(-c4ccccc4)c3Nc3cccc(-c4ccccc4)c3-c3cccs3)c2Nc2cccc(-c3ccccc3)c2-c2cccs2)cc1. The molecule has 0 unspecified atom stereocenters. The second kappa shape index (κ2) is 20.8. The third-order valence-corrected chi connectivity index (χ3v) is 15.1. The Bertz CT molecular complexity index is 3520. The van der Waals surface area contributed by atoms with Gasteiger partial charge >= 0.3 is 0 Å². The quantitative estimate of drug-likeness (QED) is 0.102. The van der Waals surface area contributed by atoms with E-state index in [9.17, 15) is 0 Å². The lowest BCUT2D eigenvalue weighted by Gasteiger charge is -2.27. The van der Waals surface area contributed by atoms with E-state index in [0.717, 1.165) is 112 Å². The van der Waals surface area contributed by atoms with Gasteiger partial charge in [-0.2, -0.15) is 0 Å². The molecule has 2 heterocycles. The summed E-state index contributed by atoms with van der Waals surface area (Å²) < 4.78 is 0. The third-order valence-electron chi connectivity index (χ3n) is 13.4. The van der Waals surface area contributed by atoms with Crippen LogP contribution in [0.1, 0.15) is 0 Å². The van der Waals surface area contributed by atoms with E-state index in [1.165, 1.54) is 9.75 Å². The Morgan fingerprint density at radius 3 is 0.753 bits per heavy atom. The average molecular weight is 972 g/mol. The van der Waals surface area contributed by atoms with Crippen LogP contribution in [0.25, 0.3) is 87.6 Å². The molecule has 0 atom stereocenters. The van der Waals surface area contributed by atoms with Crippen molar-refractivity contribution >= 4 is 56.8 Å². The number of rotatable bonds is 14. The lowest BCUT2D eigenvalue weighted by molar-refractivity contribution is 1.46. The van der Waals surface area contributed by atoms with Gasteiger partial charge in [0.05, 0.1) is 22.7 Å². The Kier molecular flexibility index (Phi) is 12.8. The van der Waals surface area contributed by atoms with Crippen LogP contribution in [0.4, 0.5) is 34.1 Å². The minimum atomic E-state index is 0.941. The van der Waals surface area contributed by atoms with E-state index in [2.05, 4.69) is 294 Å². The molecule has 73 heavy (non-hydrogen) atoms. The second-order valence-corrected chi connectivity index (χ2v) is 19.7. The highest BCUT2D eigenvalue weighted by Gasteiger charge is 2.25. The van der Waals surface area contributed by atoms with E-state index in [0.29, 0.717) is 0 Å². The predicted octanol–water partition coefficient (Wildman–Crippen LogP) is 20.4. The van der Waals surface area contributed by atoms with Crippen LogP contribution in [0.5, 0.6) is 0 Å². The number of anilines is 6. The zero-order chi connectivity index (χ0) is 48.8. The van der Waals surface area contributed by atoms with Gasteiger partial charge in [0.25, 0.3) is 0 Å². The van der Waals surface area contributed by atoms with Gasteiger partial charge in [0, 0.05) is 54.5 Å². The summed E-state index contributed by atoms with van der Waals surface area (Å²) in [6.07, 6.45) is 0. The summed E-state index contributed by atoms with van der Waals surface area (Å²) in [7, 11) is 0. The fourth-order valence-corrected chi connectivity index (χ4v) is 11.6. The summed E-state index contributed by atoms with van der Waals surface area (Å²) in [5.41, 5.74) is 21.4. The molecule has 0 aliphatic carbocycles. The van der Waals surface area contributed by atoms with Crippen LogP contribution in [0.15, 0.2) is 278 Å². The monoisotopic (exact) mass is 971 g/mol. The van der Waals surface area contributed by atoms with Gasteiger partial charge in [-0.3, -0.25) is 0 Å². The summed E-state index contributed by atoms with van der Waals surface area (Å²) >= 11 is 3.51. The first-order valence-electron chi connectivity index (χ1n) is 24.6. The van der Waals surface area contributed by atoms with Crippen LogP contribution in [0, 0.1) is 0 Å². The van der Waals surface area contributed by atoms with Crippen molar-refractivity contribution in [3.63, 3.8) is 0 Å². The first-order valence-corrected chi connectivity index (χ1v) is 26.3. The maximum absolute atomic E-state index is 4.32. The molecule has 10 aromatic carbocycles. The first kappa shape index (κ1) is 45.2. The first-order chi connectivity index (χ1) is 36.2. The van der Waals surface area contributed by atoms with Crippen molar-refractivity contribution in [3.05, 3.63) is 278 Å². The topological polar surface area (TPSA) is 36.1 Å². The molecule has 0 bridgehead atoms. The number of hydrogen-bond donors (Lipinski definition) is 3. The lowest BCUT2D eigenvalue weighted by atomic mass is 9.92. The van der Waals surface area contributed by atoms with Gasteiger partial charge in [0.1, 0.15) is 0 Å². The molecule has 2 aromatic heterocycles. The molecule has 3 nitrogen and oxygen atoms in total. The van der Waals surface area contributed by atoms with Crippen molar-refractivity contribution in [3.8, 4) is 87.6 Å². The van der Waals surface area contributed by atoms with Crippen molar-refractivity contribution in [1.82, 2.24) is 0 Å². The average Bonchev–Trinajstić information content (AvgIpc) is 4.22. The minimum Gasteiger partial charge on any atom is -0.353 e. The highest BCUT2D eigenvalue weighted by Crippen LogP contribution is 2.52. The smallest absolute Gasteiger partial charge is 0.0710 e. The van der Waals surface area contributed by atoms with Crippen LogP contribution in [-0.4, -0.2) is 0 Å². The van der Waals surface area contributed by atoms with Crippen LogP contribution >= 0.6 is 22.7 Å². The van der Waals surface area contributed by atoms with E-state index < -0.39 is 0 Å². The van der Waals surface area contributed by atoms with Crippen LogP contribution in [-0.2, 0) is 0 Å². The largest absolute Gasteiger partial charge is 0.353 e. The summed E-state index contributed by atoms with van der Waals surface area (Å²) in [6.45, 7) is 0. The normalized spacial score (nSPS) is 11.0. The Morgan fingerprint density at radius 1 is 0.205 bits per heavy atom. The molecule has 0 fully saturated rings. The van der Waals surface area contributed by atoms with Gasteiger partial charge in [-0.05, 0) is 79.5 Å². The maximum Gasteiger partial charge on any atom is 0.0710 e. The Hall–Kier alpha value is -9.00.